The van der Waals surface area contributed by atoms with Gasteiger partial charge in [-0.05, 0) is 13.8 Å². The molecule has 0 unspecified atom stereocenters. The van der Waals surface area contributed by atoms with Crippen LogP contribution in [0.2, 0.25) is 0 Å². The second-order valence-corrected chi connectivity index (χ2v) is 6.39. The molecule has 14 heavy (non-hydrogen) atoms. The Hall–Kier alpha value is -0.460. The fourth-order valence-corrected chi connectivity index (χ4v) is 2.73. The number of sulfonamides is 1. The van der Waals surface area contributed by atoms with E-state index in [4.69, 9.17) is 0 Å². The highest BCUT2D eigenvalue weighted by Gasteiger charge is 2.39. The van der Waals surface area contributed by atoms with E-state index in [1.54, 1.807) is 0 Å². The van der Waals surface area contributed by atoms with E-state index in [1.807, 2.05) is 0 Å². The van der Waals surface area contributed by atoms with Crippen LogP contribution in [-0.2, 0) is 14.8 Å². The largest absolute Gasteiger partial charge is 0.314 e. The lowest BCUT2D eigenvalue weighted by atomic mass is 10.2. The Morgan fingerprint density at radius 3 is 2.21 bits per heavy atom. The molecule has 0 amide bonds. The summed E-state index contributed by atoms with van der Waals surface area (Å²) in [6.45, 7) is 5.04. The van der Waals surface area contributed by atoms with Crippen molar-refractivity contribution in [2.75, 3.05) is 26.2 Å². The van der Waals surface area contributed by atoms with Crippen molar-refractivity contribution in [1.29, 1.82) is 0 Å². The SMILES string of the molecule is CC(C)(C=O)S(=O)(=O)N1CCNCC1. The second-order valence-electron chi connectivity index (χ2n) is 3.88. The molecule has 0 aliphatic carbocycles. The Labute approximate surface area is 84.5 Å². The standard InChI is InChI=1S/C8H16N2O3S/c1-8(2,7-11)14(12,13)10-5-3-9-4-6-10/h7,9H,3-6H2,1-2H3. The van der Waals surface area contributed by atoms with Gasteiger partial charge in [-0.3, -0.25) is 0 Å². The van der Waals surface area contributed by atoms with Crippen molar-refractivity contribution < 1.29 is 13.2 Å². The van der Waals surface area contributed by atoms with Crippen LogP contribution < -0.4 is 5.32 Å². The zero-order chi connectivity index (χ0) is 10.8. The average molecular weight is 220 g/mol. The molecule has 1 N–H and O–H groups in total. The van der Waals surface area contributed by atoms with Crippen LogP contribution in [0, 0.1) is 0 Å². The van der Waals surface area contributed by atoms with Gasteiger partial charge in [-0.2, -0.15) is 4.31 Å². The fraction of sp³-hybridized carbons (Fsp3) is 0.875. The highest BCUT2D eigenvalue weighted by Crippen LogP contribution is 2.18. The summed E-state index contributed by atoms with van der Waals surface area (Å²) in [7, 11) is -3.49. The fourth-order valence-electron chi connectivity index (χ4n) is 1.28. The van der Waals surface area contributed by atoms with Crippen molar-refractivity contribution in [1.82, 2.24) is 9.62 Å². The molecule has 1 rings (SSSR count). The normalized spacial score (nSPS) is 20.7. The second kappa shape index (κ2) is 3.96. The van der Waals surface area contributed by atoms with Gasteiger partial charge in [0.05, 0.1) is 0 Å². The maximum absolute atomic E-state index is 11.9. The van der Waals surface area contributed by atoms with E-state index in [-0.39, 0.29) is 0 Å². The smallest absolute Gasteiger partial charge is 0.226 e. The minimum absolute atomic E-state index is 0.444. The average Bonchev–Trinajstić information content (AvgIpc) is 2.19. The van der Waals surface area contributed by atoms with E-state index < -0.39 is 14.8 Å². The highest BCUT2D eigenvalue weighted by molar-refractivity contribution is 7.91. The summed E-state index contributed by atoms with van der Waals surface area (Å²) < 4.78 is 23.9. The van der Waals surface area contributed by atoms with Gasteiger partial charge >= 0.3 is 0 Å². The summed E-state index contributed by atoms with van der Waals surface area (Å²) in [6.07, 6.45) is 0.490. The molecular weight excluding hydrogens is 204 g/mol. The van der Waals surface area contributed by atoms with Crippen molar-refractivity contribution in [2.45, 2.75) is 18.6 Å². The minimum Gasteiger partial charge on any atom is -0.314 e. The zero-order valence-corrected chi connectivity index (χ0v) is 9.30. The maximum atomic E-state index is 11.9. The highest BCUT2D eigenvalue weighted by atomic mass is 32.2. The van der Waals surface area contributed by atoms with Crippen molar-refractivity contribution in [3.05, 3.63) is 0 Å². The Balaban J connectivity index is 2.88. The van der Waals surface area contributed by atoms with Crippen LogP contribution in [0.4, 0.5) is 0 Å². The van der Waals surface area contributed by atoms with E-state index in [2.05, 4.69) is 5.32 Å². The molecular formula is C8H16N2O3S. The quantitative estimate of drug-likeness (QED) is 0.632. The molecule has 1 aliphatic rings. The van der Waals surface area contributed by atoms with Gasteiger partial charge in [0, 0.05) is 26.2 Å². The van der Waals surface area contributed by atoms with Crippen molar-refractivity contribution >= 4 is 16.3 Å². The first-order valence-electron chi connectivity index (χ1n) is 4.58. The molecule has 82 valence electrons. The number of piperazine rings is 1. The molecule has 1 heterocycles. The number of nitrogens with one attached hydrogen (secondary N) is 1. The van der Waals surface area contributed by atoms with E-state index in [9.17, 15) is 13.2 Å². The predicted octanol–water partition coefficient (Wildman–Crippen LogP) is -0.801. The van der Waals surface area contributed by atoms with Crippen LogP contribution >= 0.6 is 0 Å². The summed E-state index contributed by atoms with van der Waals surface area (Å²) in [5.74, 6) is 0. The van der Waals surface area contributed by atoms with Gasteiger partial charge in [-0.15, -0.1) is 0 Å². The number of rotatable bonds is 3. The van der Waals surface area contributed by atoms with Gasteiger partial charge in [0.1, 0.15) is 11.0 Å². The molecule has 0 saturated carbocycles. The molecule has 0 aromatic heterocycles. The molecule has 0 aromatic rings. The van der Waals surface area contributed by atoms with Crippen LogP contribution in [0.1, 0.15) is 13.8 Å². The predicted molar refractivity (Wildman–Crippen MR) is 53.5 cm³/mol. The molecule has 0 radical (unpaired) electrons. The van der Waals surface area contributed by atoms with Crippen molar-refractivity contribution in [3.8, 4) is 0 Å². The van der Waals surface area contributed by atoms with Gasteiger partial charge in [0.15, 0.2) is 0 Å². The Kier molecular flexibility index (Phi) is 3.28. The van der Waals surface area contributed by atoms with Gasteiger partial charge < -0.3 is 10.1 Å². The zero-order valence-electron chi connectivity index (χ0n) is 8.49. The summed E-state index contributed by atoms with van der Waals surface area (Å²) >= 11 is 0. The topological polar surface area (TPSA) is 66.5 Å². The number of hydrogen-bond donors (Lipinski definition) is 1. The van der Waals surface area contributed by atoms with Crippen molar-refractivity contribution in [3.63, 3.8) is 0 Å². The molecule has 1 aliphatic heterocycles. The molecule has 0 atom stereocenters. The molecule has 6 heteroatoms. The van der Waals surface area contributed by atoms with Crippen molar-refractivity contribution in [2.24, 2.45) is 0 Å². The third-order valence-electron chi connectivity index (χ3n) is 2.36. The van der Waals surface area contributed by atoms with Crippen LogP contribution in [0.15, 0.2) is 0 Å². The maximum Gasteiger partial charge on any atom is 0.226 e. The molecule has 0 spiro atoms. The van der Waals surface area contributed by atoms with Gasteiger partial charge in [0.25, 0.3) is 0 Å². The Bertz CT molecular complexity index is 305. The number of hydrogen-bond acceptors (Lipinski definition) is 4. The van der Waals surface area contributed by atoms with Gasteiger partial charge in [-0.25, -0.2) is 8.42 Å². The van der Waals surface area contributed by atoms with Crippen LogP contribution in [0.5, 0.6) is 0 Å². The van der Waals surface area contributed by atoms with E-state index >= 15 is 0 Å². The number of nitrogens with zero attached hydrogens (tertiary/aromatic N) is 1. The summed E-state index contributed by atoms with van der Waals surface area (Å²) in [6, 6.07) is 0. The van der Waals surface area contributed by atoms with Crippen LogP contribution in [0.3, 0.4) is 0 Å². The van der Waals surface area contributed by atoms with Crippen LogP contribution in [0.25, 0.3) is 0 Å². The lowest BCUT2D eigenvalue weighted by molar-refractivity contribution is -0.109. The summed E-state index contributed by atoms with van der Waals surface area (Å²) in [5, 5.41) is 3.06. The first kappa shape index (κ1) is 11.6. The number of carbonyl (C=O) groups is 1. The Morgan fingerprint density at radius 1 is 1.29 bits per heavy atom. The van der Waals surface area contributed by atoms with Gasteiger partial charge in [-0.1, -0.05) is 0 Å². The van der Waals surface area contributed by atoms with E-state index in [0.29, 0.717) is 32.5 Å². The molecule has 0 bridgehead atoms. The monoisotopic (exact) mass is 220 g/mol. The first-order valence-corrected chi connectivity index (χ1v) is 6.02. The van der Waals surface area contributed by atoms with E-state index in [1.165, 1.54) is 18.2 Å². The molecule has 5 nitrogen and oxygen atoms in total. The van der Waals surface area contributed by atoms with Crippen LogP contribution in [-0.4, -0.2) is 49.9 Å². The third-order valence-corrected chi connectivity index (χ3v) is 4.84. The molecule has 1 saturated heterocycles. The lowest BCUT2D eigenvalue weighted by Crippen LogP contribution is -2.52. The summed E-state index contributed by atoms with van der Waals surface area (Å²) in [4.78, 5) is 10.7. The third kappa shape index (κ3) is 1.97. The number of carbonyl (C=O) groups excluding carboxylic acids is 1. The first-order chi connectivity index (χ1) is 6.42. The van der Waals surface area contributed by atoms with Gasteiger partial charge in [0.2, 0.25) is 10.0 Å². The number of aldehydes is 1. The lowest BCUT2D eigenvalue weighted by Gasteiger charge is -2.31. The molecule has 1 fully saturated rings. The molecule has 0 aromatic carbocycles. The minimum atomic E-state index is -3.49. The summed E-state index contributed by atoms with van der Waals surface area (Å²) in [5.41, 5.74) is 0. The van der Waals surface area contributed by atoms with E-state index in [0.717, 1.165) is 0 Å². The Morgan fingerprint density at radius 2 is 1.79 bits per heavy atom.